The van der Waals surface area contributed by atoms with E-state index in [1.807, 2.05) is 36.2 Å². The number of nitrogens with zero attached hydrogens (tertiary/aromatic N) is 1. The third-order valence-electron chi connectivity index (χ3n) is 4.12. The molecule has 1 aliphatic rings. The number of benzene rings is 1. The van der Waals surface area contributed by atoms with Gasteiger partial charge in [-0.3, -0.25) is 4.79 Å². The van der Waals surface area contributed by atoms with Crippen LogP contribution < -0.4 is 10.1 Å². The number of hydrogen-bond acceptors (Lipinski definition) is 3. The van der Waals surface area contributed by atoms with E-state index < -0.39 is 0 Å². The maximum atomic E-state index is 12.4. The maximum absolute atomic E-state index is 12.4. The van der Waals surface area contributed by atoms with Gasteiger partial charge in [0.25, 0.3) is 5.91 Å². The SMILES string of the molecule is CNCc1cccc(OCC(=O)N2C(C)CCCC2C)c1. The zero-order chi connectivity index (χ0) is 15.2. The second-order valence-electron chi connectivity index (χ2n) is 5.90. The largest absolute Gasteiger partial charge is 0.484 e. The van der Waals surface area contributed by atoms with Gasteiger partial charge in [0.15, 0.2) is 6.61 Å². The van der Waals surface area contributed by atoms with Crippen molar-refractivity contribution in [2.24, 2.45) is 0 Å². The Morgan fingerprint density at radius 3 is 2.71 bits per heavy atom. The van der Waals surface area contributed by atoms with Crippen molar-refractivity contribution in [2.75, 3.05) is 13.7 Å². The zero-order valence-corrected chi connectivity index (χ0v) is 13.3. The molecule has 21 heavy (non-hydrogen) atoms. The van der Waals surface area contributed by atoms with Crippen molar-refractivity contribution in [1.82, 2.24) is 10.2 Å². The van der Waals surface area contributed by atoms with Crippen LogP contribution in [0.5, 0.6) is 5.75 Å². The zero-order valence-electron chi connectivity index (χ0n) is 13.3. The predicted molar refractivity (Wildman–Crippen MR) is 84.3 cm³/mol. The molecule has 1 amide bonds. The molecule has 0 bridgehead atoms. The van der Waals surface area contributed by atoms with Crippen LogP contribution in [0.15, 0.2) is 24.3 Å². The summed E-state index contributed by atoms with van der Waals surface area (Å²) < 4.78 is 5.69. The minimum absolute atomic E-state index is 0.0914. The number of carbonyl (C=O) groups excluding carboxylic acids is 1. The van der Waals surface area contributed by atoms with Crippen LogP contribution in [0.1, 0.15) is 38.7 Å². The van der Waals surface area contributed by atoms with Gasteiger partial charge in [0.2, 0.25) is 0 Å². The predicted octanol–water partition coefficient (Wildman–Crippen LogP) is 2.57. The summed E-state index contributed by atoms with van der Waals surface area (Å²) >= 11 is 0. The van der Waals surface area contributed by atoms with Gasteiger partial charge in [0.05, 0.1) is 0 Å². The molecule has 0 saturated carbocycles. The standard InChI is InChI=1S/C17H26N2O2/c1-13-6-4-7-14(2)19(13)17(20)12-21-16-9-5-8-15(10-16)11-18-3/h5,8-10,13-14,18H,4,6-7,11-12H2,1-3H3. The van der Waals surface area contributed by atoms with Crippen LogP contribution in [0.3, 0.4) is 0 Å². The molecule has 1 aliphatic heterocycles. The molecule has 0 aliphatic carbocycles. The van der Waals surface area contributed by atoms with Crippen molar-refractivity contribution in [2.45, 2.75) is 51.7 Å². The molecular formula is C17H26N2O2. The fourth-order valence-electron chi connectivity index (χ4n) is 3.08. The van der Waals surface area contributed by atoms with Crippen LogP contribution in [0.4, 0.5) is 0 Å². The van der Waals surface area contributed by atoms with Gasteiger partial charge < -0.3 is 15.0 Å². The van der Waals surface area contributed by atoms with E-state index in [0.29, 0.717) is 12.1 Å². The Morgan fingerprint density at radius 1 is 1.33 bits per heavy atom. The number of likely N-dealkylation sites (tertiary alicyclic amines) is 1. The summed E-state index contributed by atoms with van der Waals surface area (Å²) in [5.41, 5.74) is 1.15. The fraction of sp³-hybridized carbons (Fsp3) is 0.588. The van der Waals surface area contributed by atoms with Crippen LogP contribution in [-0.4, -0.2) is 36.5 Å². The van der Waals surface area contributed by atoms with Crippen LogP contribution in [-0.2, 0) is 11.3 Å². The Balaban J connectivity index is 1.92. The lowest BCUT2D eigenvalue weighted by atomic mass is 9.97. The summed E-state index contributed by atoms with van der Waals surface area (Å²) in [4.78, 5) is 14.4. The summed E-state index contributed by atoms with van der Waals surface area (Å²) in [6.45, 7) is 5.17. The molecule has 2 atom stereocenters. The van der Waals surface area contributed by atoms with E-state index >= 15 is 0 Å². The van der Waals surface area contributed by atoms with Gasteiger partial charge in [-0.2, -0.15) is 0 Å². The molecule has 1 saturated heterocycles. The van der Waals surface area contributed by atoms with Gasteiger partial charge in [-0.05, 0) is 57.9 Å². The highest BCUT2D eigenvalue weighted by atomic mass is 16.5. The fourth-order valence-corrected chi connectivity index (χ4v) is 3.08. The smallest absolute Gasteiger partial charge is 0.260 e. The molecule has 0 aromatic heterocycles. The lowest BCUT2D eigenvalue weighted by Crippen LogP contribution is -2.49. The first-order valence-electron chi connectivity index (χ1n) is 7.79. The van der Waals surface area contributed by atoms with Gasteiger partial charge in [-0.15, -0.1) is 0 Å². The molecule has 0 radical (unpaired) electrons. The molecule has 1 fully saturated rings. The maximum Gasteiger partial charge on any atom is 0.260 e. The van der Waals surface area contributed by atoms with E-state index in [2.05, 4.69) is 19.2 Å². The molecule has 2 unspecified atom stereocenters. The Kier molecular flexibility index (Phi) is 5.62. The van der Waals surface area contributed by atoms with E-state index in [4.69, 9.17) is 4.74 Å². The molecular weight excluding hydrogens is 264 g/mol. The van der Waals surface area contributed by atoms with E-state index in [-0.39, 0.29) is 12.5 Å². The first-order chi connectivity index (χ1) is 10.1. The van der Waals surface area contributed by atoms with E-state index in [9.17, 15) is 4.79 Å². The Hall–Kier alpha value is -1.55. The number of ether oxygens (including phenoxy) is 1. The van der Waals surface area contributed by atoms with E-state index in [0.717, 1.165) is 30.7 Å². The van der Waals surface area contributed by atoms with Crippen LogP contribution in [0.25, 0.3) is 0 Å². The Morgan fingerprint density at radius 2 is 2.05 bits per heavy atom. The summed E-state index contributed by atoms with van der Waals surface area (Å²) in [5.74, 6) is 0.849. The third-order valence-corrected chi connectivity index (χ3v) is 4.12. The average Bonchev–Trinajstić information content (AvgIpc) is 2.46. The van der Waals surface area contributed by atoms with Gasteiger partial charge in [-0.1, -0.05) is 12.1 Å². The Labute approximate surface area is 127 Å². The normalized spacial score (nSPS) is 22.1. The van der Waals surface area contributed by atoms with Crippen LogP contribution in [0.2, 0.25) is 0 Å². The summed E-state index contributed by atoms with van der Waals surface area (Å²) in [6.07, 6.45) is 3.39. The summed E-state index contributed by atoms with van der Waals surface area (Å²) in [7, 11) is 1.91. The summed E-state index contributed by atoms with van der Waals surface area (Å²) in [5, 5.41) is 3.11. The van der Waals surface area contributed by atoms with Crippen LogP contribution in [0, 0.1) is 0 Å². The van der Waals surface area contributed by atoms with Gasteiger partial charge in [0.1, 0.15) is 5.75 Å². The quantitative estimate of drug-likeness (QED) is 0.906. The van der Waals surface area contributed by atoms with Crippen LogP contribution >= 0.6 is 0 Å². The van der Waals surface area contributed by atoms with Crippen molar-refractivity contribution < 1.29 is 9.53 Å². The molecule has 1 heterocycles. The monoisotopic (exact) mass is 290 g/mol. The highest BCUT2D eigenvalue weighted by molar-refractivity contribution is 5.78. The second kappa shape index (κ2) is 7.46. The average molecular weight is 290 g/mol. The molecule has 4 heteroatoms. The highest BCUT2D eigenvalue weighted by Crippen LogP contribution is 2.23. The van der Waals surface area contributed by atoms with Crippen molar-refractivity contribution in [3.63, 3.8) is 0 Å². The topological polar surface area (TPSA) is 41.6 Å². The third kappa shape index (κ3) is 4.21. The van der Waals surface area contributed by atoms with Gasteiger partial charge >= 0.3 is 0 Å². The molecule has 1 aromatic carbocycles. The van der Waals surface area contributed by atoms with Gasteiger partial charge in [0, 0.05) is 18.6 Å². The van der Waals surface area contributed by atoms with Gasteiger partial charge in [-0.25, -0.2) is 0 Å². The molecule has 1 N–H and O–H groups in total. The van der Waals surface area contributed by atoms with E-state index in [1.54, 1.807) is 0 Å². The number of carbonyl (C=O) groups is 1. The number of rotatable bonds is 5. The molecule has 1 aromatic rings. The minimum atomic E-state index is 0.0914. The molecule has 0 spiro atoms. The molecule has 2 rings (SSSR count). The highest BCUT2D eigenvalue weighted by Gasteiger charge is 2.28. The number of amides is 1. The van der Waals surface area contributed by atoms with E-state index in [1.165, 1.54) is 6.42 Å². The first kappa shape index (κ1) is 15.8. The minimum Gasteiger partial charge on any atom is -0.484 e. The molecule has 4 nitrogen and oxygen atoms in total. The number of nitrogens with one attached hydrogen (secondary N) is 1. The first-order valence-corrected chi connectivity index (χ1v) is 7.79. The van der Waals surface area contributed by atoms with Crippen molar-refractivity contribution in [1.29, 1.82) is 0 Å². The van der Waals surface area contributed by atoms with Crippen molar-refractivity contribution in [3.05, 3.63) is 29.8 Å². The van der Waals surface area contributed by atoms with Crippen molar-refractivity contribution in [3.8, 4) is 5.75 Å². The number of hydrogen-bond donors (Lipinski definition) is 1. The second-order valence-corrected chi connectivity index (χ2v) is 5.90. The molecule has 116 valence electrons. The Bertz CT molecular complexity index is 466. The van der Waals surface area contributed by atoms with Crippen molar-refractivity contribution >= 4 is 5.91 Å². The summed E-state index contributed by atoms with van der Waals surface area (Å²) in [6, 6.07) is 8.52. The lowest BCUT2D eigenvalue weighted by Gasteiger charge is -2.38. The lowest BCUT2D eigenvalue weighted by molar-refractivity contribution is -0.139. The number of piperidine rings is 1.